The Hall–Kier alpha value is -0.420. The van der Waals surface area contributed by atoms with Gasteiger partial charge in [0.2, 0.25) is 0 Å². The van der Waals surface area contributed by atoms with Gasteiger partial charge in [0.1, 0.15) is 0 Å². The van der Waals surface area contributed by atoms with E-state index in [1.807, 2.05) is 0 Å². The normalized spacial score (nSPS) is 26.4. The highest BCUT2D eigenvalue weighted by Crippen LogP contribution is 2.42. The van der Waals surface area contributed by atoms with Crippen LogP contribution in [0.25, 0.3) is 0 Å². The molecule has 4 heteroatoms. The Morgan fingerprint density at radius 1 is 1.45 bits per heavy atom. The number of thiophene rings is 1. The van der Waals surface area contributed by atoms with Gasteiger partial charge in [-0.25, -0.2) is 0 Å². The summed E-state index contributed by atoms with van der Waals surface area (Å²) in [5.41, 5.74) is 1.61. The van der Waals surface area contributed by atoms with Gasteiger partial charge in [-0.2, -0.15) is 11.3 Å². The number of nitrogens with zero attached hydrogens (tertiary/aromatic N) is 1. The maximum absolute atomic E-state index is 6.19. The van der Waals surface area contributed by atoms with Crippen molar-refractivity contribution in [3.05, 3.63) is 22.4 Å². The molecule has 1 unspecified atom stereocenters. The molecular weight excluding hydrogens is 270 g/mol. The van der Waals surface area contributed by atoms with Crippen molar-refractivity contribution in [1.29, 1.82) is 0 Å². The largest absolute Gasteiger partial charge is 0.385 e. The zero-order chi connectivity index (χ0) is 13.8. The monoisotopic (exact) mass is 295 g/mol. The molecule has 0 amide bonds. The third-order valence-electron chi connectivity index (χ3n) is 4.96. The van der Waals surface area contributed by atoms with E-state index in [0.717, 1.165) is 26.2 Å². The second kappa shape index (κ2) is 6.56. The Bertz CT molecular complexity index is 399. The fourth-order valence-corrected chi connectivity index (χ4v) is 4.40. The maximum Gasteiger partial charge on any atom is 0.0736 e. The van der Waals surface area contributed by atoms with Gasteiger partial charge in [-0.3, -0.25) is 4.90 Å². The Kier molecular flexibility index (Phi) is 4.76. The number of piperidine rings is 1. The van der Waals surface area contributed by atoms with Crippen LogP contribution < -0.4 is 0 Å². The van der Waals surface area contributed by atoms with Gasteiger partial charge in [-0.15, -0.1) is 0 Å². The van der Waals surface area contributed by atoms with Crippen molar-refractivity contribution in [2.45, 2.75) is 37.8 Å². The van der Waals surface area contributed by atoms with E-state index < -0.39 is 0 Å². The van der Waals surface area contributed by atoms with Crippen molar-refractivity contribution >= 4 is 11.3 Å². The van der Waals surface area contributed by atoms with Crippen LogP contribution in [0.3, 0.4) is 0 Å². The molecule has 1 aromatic heterocycles. The number of hydrogen-bond donors (Lipinski definition) is 0. The minimum atomic E-state index is 0.156. The lowest BCUT2D eigenvalue weighted by Crippen LogP contribution is -2.47. The molecular formula is C16H25NO2S. The van der Waals surface area contributed by atoms with Gasteiger partial charge in [0.05, 0.1) is 5.60 Å². The summed E-state index contributed by atoms with van der Waals surface area (Å²) in [6.45, 7) is 5.24. The first kappa shape index (κ1) is 14.5. The van der Waals surface area contributed by atoms with E-state index in [-0.39, 0.29) is 5.60 Å². The van der Waals surface area contributed by atoms with E-state index in [2.05, 4.69) is 21.7 Å². The summed E-state index contributed by atoms with van der Waals surface area (Å²) >= 11 is 1.79. The smallest absolute Gasteiger partial charge is 0.0736 e. The van der Waals surface area contributed by atoms with Crippen LogP contribution in [0.15, 0.2) is 16.8 Å². The number of rotatable bonds is 5. The van der Waals surface area contributed by atoms with Crippen LogP contribution in [-0.4, -0.2) is 43.9 Å². The van der Waals surface area contributed by atoms with Crippen LogP contribution in [0, 0.1) is 5.92 Å². The van der Waals surface area contributed by atoms with Crippen molar-refractivity contribution in [1.82, 2.24) is 4.90 Å². The van der Waals surface area contributed by atoms with Gasteiger partial charge in [-0.05, 0) is 54.0 Å². The topological polar surface area (TPSA) is 21.7 Å². The third-order valence-corrected chi connectivity index (χ3v) is 5.69. The average Bonchev–Trinajstić information content (AvgIpc) is 3.10. The molecule has 0 N–H and O–H groups in total. The van der Waals surface area contributed by atoms with Crippen LogP contribution in [0.5, 0.6) is 0 Å². The quantitative estimate of drug-likeness (QED) is 0.833. The van der Waals surface area contributed by atoms with E-state index in [1.165, 1.54) is 37.9 Å². The highest BCUT2D eigenvalue weighted by Gasteiger charge is 2.45. The Labute approximate surface area is 125 Å². The molecule has 3 heterocycles. The van der Waals surface area contributed by atoms with Crippen molar-refractivity contribution in [3.8, 4) is 0 Å². The number of hydrogen-bond acceptors (Lipinski definition) is 4. The van der Waals surface area contributed by atoms with Crippen LogP contribution in [0.4, 0.5) is 0 Å². The molecule has 0 radical (unpaired) electrons. The summed E-state index contributed by atoms with van der Waals surface area (Å²) < 4.78 is 11.5. The Morgan fingerprint density at radius 2 is 2.30 bits per heavy atom. The van der Waals surface area contributed by atoms with Crippen LogP contribution in [0.1, 0.15) is 31.2 Å². The third kappa shape index (κ3) is 3.08. The Balaban J connectivity index is 1.54. The van der Waals surface area contributed by atoms with Crippen LogP contribution in [-0.2, 0) is 16.0 Å². The highest BCUT2D eigenvalue weighted by molar-refractivity contribution is 7.07. The maximum atomic E-state index is 6.19. The zero-order valence-electron chi connectivity index (χ0n) is 12.3. The minimum Gasteiger partial charge on any atom is -0.385 e. The first-order valence-electron chi connectivity index (χ1n) is 7.69. The summed E-state index contributed by atoms with van der Waals surface area (Å²) in [6, 6.07) is 2.24. The van der Waals surface area contributed by atoms with Crippen molar-refractivity contribution in [2.75, 3.05) is 33.4 Å². The molecule has 2 aliphatic heterocycles. The van der Waals surface area contributed by atoms with Crippen LogP contribution >= 0.6 is 11.3 Å². The Morgan fingerprint density at radius 3 is 3.00 bits per heavy atom. The summed E-state index contributed by atoms with van der Waals surface area (Å²) in [5.74, 6) is 0.700. The number of methoxy groups -OCH3 is 1. The molecule has 1 aromatic rings. The van der Waals surface area contributed by atoms with E-state index in [0.29, 0.717) is 5.92 Å². The molecule has 112 valence electrons. The second-order valence-corrected chi connectivity index (χ2v) is 6.87. The van der Waals surface area contributed by atoms with Gasteiger partial charge < -0.3 is 9.47 Å². The van der Waals surface area contributed by atoms with E-state index in [4.69, 9.17) is 9.47 Å². The summed E-state index contributed by atoms with van der Waals surface area (Å²) in [5, 5.41) is 4.43. The zero-order valence-corrected chi connectivity index (χ0v) is 13.2. The SMILES string of the molecule is COCCC1CCOC12CCN(Cc1ccsc1)CC2. The first-order valence-corrected chi connectivity index (χ1v) is 8.63. The summed E-state index contributed by atoms with van der Waals surface area (Å²) in [4.78, 5) is 2.57. The van der Waals surface area contributed by atoms with Gasteiger partial charge in [0.25, 0.3) is 0 Å². The highest BCUT2D eigenvalue weighted by atomic mass is 32.1. The van der Waals surface area contributed by atoms with E-state index in [9.17, 15) is 0 Å². The molecule has 3 rings (SSSR count). The fraction of sp³-hybridized carbons (Fsp3) is 0.750. The standard InChI is InChI=1S/C16H25NO2S/c1-18-9-2-15-3-10-19-16(15)5-7-17(8-6-16)12-14-4-11-20-13-14/h4,11,13,15H,2-3,5-10,12H2,1H3. The molecule has 0 aliphatic carbocycles. The summed E-state index contributed by atoms with van der Waals surface area (Å²) in [6.07, 6.45) is 4.74. The van der Waals surface area contributed by atoms with Crippen LogP contribution in [0.2, 0.25) is 0 Å². The molecule has 1 spiro atoms. The number of ether oxygens (including phenoxy) is 2. The molecule has 3 nitrogen and oxygen atoms in total. The molecule has 2 aliphatic rings. The van der Waals surface area contributed by atoms with Crippen molar-refractivity contribution < 1.29 is 9.47 Å². The second-order valence-electron chi connectivity index (χ2n) is 6.09. The van der Waals surface area contributed by atoms with Gasteiger partial charge in [0.15, 0.2) is 0 Å². The average molecular weight is 295 g/mol. The number of likely N-dealkylation sites (tertiary alicyclic amines) is 1. The first-order chi connectivity index (χ1) is 9.82. The molecule has 0 bridgehead atoms. The summed E-state index contributed by atoms with van der Waals surface area (Å²) in [7, 11) is 1.80. The predicted molar refractivity (Wildman–Crippen MR) is 82.1 cm³/mol. The van der Waals surface area contributed by atoms with E-state index >= 15 is 0 Å². The molecule has 2 saturated heterocycles. The molecule has 2 fully saturated rings. The van der Waals surface area contributed by atoms with Gasteiger partial charge >= 0.3 is 0 Å². The van der Waals surface area contributed by atoms with Gasteiger partial charge in [0, 0.05) is 40.0 Å². The van der Waals surface area contributed by atoms with Crippen molar-refractivity contribution in [3.63, 3.8) is 0 Å². The van der Waals surface area contributed by atoms with Crippen molar-refractivity contribution in [2.24, 2.45) is 5.92 Å². The van der Waals surface area contributed by atoms with E-state index in [1.54, 1.807) is 18.4 Å². The fourth-order valence-electron chi connectivity index (χ4n) is 3.74. The molecule has 1 atom stereocenters. The molecule has 0 saturated carbocycles. The van der Waals surface area contributed by atoms with Gasteiger partial charge in [-0.1, -0.05) is 0 Å². The molecule has 20 heavy (non-hydrogen) atoms. The lowest BCUT2D eigenvalue weighted by molar-refractivity contribution is -0.0720. The lowest BCUT2D eigenvalue weighted by atomic mass is 9.78. The lowest BCUT2D eigenvalue weighted by Gasteiger charge is -2.42. The predicted octanol–water partition coefficient (Wildman–Crippen LogP) is 3.16. The minimum absolute atomic E-state index is 0.156. The molecule has 0 aromatic carbocycles.